The Morgan fingerprint density at radius 2 is 1.50 bits per heavy atom. The summed E-state index contributed by atoms with van der Waals surface area (Å²) in [6, 6.07) is 10.8. The Labute approximate surface area is 105 Å². The van der Waals surface area contributed by atoms with Crippen LogP contribution in [0.1, 0.15) is 44.6 Å². The molecule has 1 rings (SSSR count). The standard InChI is InChI=1S/C13H20.HI/c1-2-3-4-5-7-10-13-11-8-6-9-12-13;/h6,8-9,11-12H,2-5,7,10H2,1H3;1H. The van der Waals surface area contributed by atoms with Gasteiger partial charge < -0.3 is 0 Å². The van der Waals surface area contributed by atoms with Gasteiger partial charge in [0.25, 0.3) is 0 Å². The van der Waals surface area contributed by atoms with E-state index < -0.39 is 0 Å². The molecule has 0 nitrogen and oxygen atoms in total. The highest BCUT2D eigenvalue weighted by Gasteiger charge is 1.91. The van der Waals surface area contributed by atoms with Crippen molar-refractivity contribution < 1.29 is 0 Å². The first-order chi connectivity index (χ1) is 6.43. The zero-order chi connectivity index (χ0) is 9.36. The van der Waals surface area contributed by atoms with Crippen LogP contribution in [0.2, 0.25) is 0 Å². The normalized spacial score (nSPS) is 9.50. The minimum atomic E-state index is 0. The number of benzene rings is 1. The van der Waals surface area contributed by atoms with Crippen molar-refractivity contribution in [3.05, 3.63) is 35.9 Å². The minimum Gasteiger partial charge on any atom is -0.107 e. The molecule has 0 fully saturated rings. The second-order valence-electron chi connectivity index (χ2n) is 3.65. The van der Waals surface area contributed by atoms with Gasteiger partial charge in [-0.25, -0.2) is 0 Å². The molecule has 0 spiro atoms. The molecular weight excluding hydrogens is 283 g/mol. The lowest BCUT2D eigenvalue weighted by Gasteiger charge is -2.00. The molecule has 1 aromatic carbocycles. The molecule has 0 saturated heterocycles. The van der Waals surface area contributed by atoms with Gasteiger partial charge in [0.1, 0.15) is 0 Å². The van der Waals surface area contributed by atoms with Gasteiger partial charge in [-0.3, -0.25) is 0 Å². The average molecular weight is 304 g/mol. The molecule has 0 amide bonds. The molecule has 0 aromatic heterocycles. The van der Waals surface area contributed by atoms with Crippen LogP contribution in [0.5, 0.6) is 0 Å². The largest absolute Gasteiger partial charge is 0.107 e. The van der Waals surface area contributed by atoms with Gasteiger partial charge in [0, 0.05) is 0 Å². The topological polar surface area (TPSA) is 0 Å². The fraction of sp³-hybridized carbons (Fsp3) is 0.538. The molecule has 0 aliphatic heterocycles. The Bertz CT molecular complexity index is 206. The van der Waals surface area contributed by atoms with Crippen LogP contribution < -0.4 is 0 Å². The van der Waals surface area contributed by atoms with E-state index >= 15 is 0 Å². The average Bonchev–Trinajstić information content (AvgIpc) is 2.19. The van der Waals surface area contributed by atoms with Gasteiger partial charge in [0.05, 0.1) is 0 Å². The summed E-state index contributed by atoms with van der Waals surface area (Å²) in [5.41, 5.74) is 1.49. The quantitative estimate of drug-likeness (QED) is 0.522. The minimum absolute atomic E-state index is 0. The summed E-state index contributed by atoms with van der Waals surface area (Å²) in [4.78, 5) is 0. The number of unbranched alkanes of at least 4 members (excludes halogenated alkanes) is 4. The van der Waals surface area contributed by atoms with E-state index in [1.807, 2.05) is 0 Å². The van der Waals surface area contributed by atoms with Gasteiger partial charge in [-0.05, 0) is 18.4 Å². The maximum atomic E-state index is 2.26. The van der Waals surface area contributed by atoms with Crippen molar-refractivity contribution in [3.63, 3.8) is 0 Å². The molecule has 80 valence electrons. The van der Waals surface area contributed by atoms with E-state index in [1.165, 1.54) is 44.1 Å². The lowest BCUT2D eigenvalue weighted by molar-refractivity contribution is 0.632. The second kappa shape index (κ2) is 9.50. The van der Waals surface area contributed by atoms with Crippen LogP contribution in [-0.2, 0) is 6.42 Å². The summed E-state index contributed by atoms with van der Waals surface area (Å²) in [5, 5.41) is 0. The van der Waals surface area contributed by atoms with E-state index in [4.69, 9.17) is 0 Å². The molecular formula is C13H21I. The molecule has 0 saturated carbocycles. The third-order valence-electron chi connectivity index (χ3n) is 2.41. The lowest BCUT2D eigenvalue weighted by atomic mass is 10.1. The number of aryl methyl sites for hydroxylation is 1. The third kappa shape index (κ3) is 6.41. The van der Waals surface area contributed by atoms with Crippen LogP contribution in [0.25, 0.3) is 0 Å². The molecule has 0 unspecified atom stereocenters. The van der Waals surface area contributed by atoms with E-state index in [0.29, 0.717) is 0 Å². The highest BCUT2D eigenvalue weighted by Crippen LogP contribution is 2.08. The Balaban J connectivity index is 0.00000169. The first kappa shape index (κ1) is 13.9. The first-order valence-electron chi connectivity index (χ1n) is 5.47. The zero-order valence-electron chi connectivity index (χ0n) is 9.04. The Kier molecular flexibility index (Phi) is 9.47. The maximum Gasteiger partial charge on any atom is -0.0279 e. The van der Waals surface area contributed by atoms with Crippen LogP contribution in [0.4, 0.5) is 0 Å². The Morgan fingerprint density at radius 3 is 2.14 bits per heavy atom. The summed E-state index contributed by atoms with van der Waals surface area (Å²) in [6.45, 7) is 2.26. The van der Waals surface area contributed by atoms with E-state index in [-0.39, 0.29) is 24.0 Å². The van der Waals surface area contributed by atoms with Gasteiger partial charge in [0.2, 0.25) is 0 Å². The van der Waals surface area contributed by atoms with Crippen LogP contribution >= 0.6 is 24.0 Å². The second-order valence-corrected chi connectivity index (χ2v) is 3.65. The summed E-state index contributed by atoms with van der Waals surface area (Å²) >= 11 is 0. The van der Waals surface area contributed by atoms with Gasteiger partial charge in [0.15, 0.2) is 0 Å². The third-order valence-corrected chi connectivity index (χ3v) is 2.41. The number of hydrogen-bond acceptors (Lipinski definition) is 0. The smallest absolute Gasteiger partial charge is 0.0279 e. The van der Waals surface area contributed by atoms with Crippen LogP contribution in [0.3, 0.4) is 0 Å². The highest BCUT2D eigenvalue weighted by atomic mass is 127. The molecule has 0 heterocycles. The summed E-state index contributed by atoms with van der Waals surface area (Å²) in [7, 11) is 0. The molecule has 0 aliphatic carbocycles. The van der Waals surface area contributed by atoms with Gasteiger partial charge in [-0.1, -0.05) is 62.9 Å². The van der Waals surface area contributed by atoms with E-state index in [9.17, 15) is 0 Å². The number of hydrogen-bond donors (Lipinski definition) is 0. The molecule has 0 N–H and O–H groups in total. The SMILES string of the molecule is CCCCCCCc1ccccc1.I. The van der Waals surface area contributed by atoms with Crippen molar-refractivity contribution in [1.29, 1.82) is 0 Å². The van der Waals surface area contributed by atoms with Crippen molar-refractivity contribution in [2.24, 2.45) is 0 Å². The molecule has 0 atom stereocenters. The Morgan fingerprint density at radius 1 is 0.857 bits per heavy atom. The molecule has 1 aromatic rings. The van der Waals surface area contributed by atoms with Crippen molar-refractivity contribution in [2.45, 2.75) is 45.4 Å². The van der Waals surface area contributed by atoms with Crippen molar-refractivity contribution in [1.82, 2.24) is 0 Å². The summed E-state index contributed by atoms with van der Waals surface area (Å²) in [5.74, 6) is 0. The Hall–Kier alpha value is -0.0500. The van der Waals surface area contributed by atoms with E-state index in [0.717, 1.165) is 0 Å². The molecule has 0 radical (unpaired) electrons. The van der Waals surface area contributed by atoms with Crippen molar-refractivity contribution >= 4 is 24.0 Å². The lowest BCUT2D eigenvalue weighted by Crippen LogP contribution is -1.84. The summed E-state index contributed by atoms with van der Waals surface area (Å²) in [6.07, 6.45) is 8.14. The number of halogens is 1. The van der Waals surface area contributed by atoms with Gasteiger partial charge in [-0.2, -0.15) is 0 Å². The first-order valence-corrected chi connectivity index (χ1v) is 5.47. The molecule has 0 bridgehead atoms. The van der Waals surface area contributed by atoms with Crippen molar-refractivity contribution in [3.8, 4) is 0 Å². The van der Waals surface area contributed by atoms with Crippen LogP contribution in [0, 0.1) is 0 Å². The van der Waals surface area contributed by atoms with Gasteiger partial charge >= 0.3 is 0 Å². The van der Waals surface area contributed by atoms with Gasteiger partial charge in [-0.15, -0.1) is 24.0 Å². The number of rotatable bonds is 6. The van der Waals surface area contributed by atoms with Crippen LogP contribution in [-0.4, -0.2) is 0 Å². The molecule has 0 aliphatic rings. The van der Waals surface area contributed by atoms with E-state index in [1.54, 1.807) is 0 Å². The fourth-order valence-electron chi connectivity index (χ4n) is 1.58. The zero-order valence-corrected chi connectivity index (χ0v) is 11.4. The fourth-order valence-corrected chi connectivity index (χ4v) is 1.58. The molecule has 1 heteroatoms. The predicted octanol–water partition coefficient (Wildman–Crippen LogP) is 4.82. The highest BCUT2D eigenvalue weighted by molar-refractivity contribution is 14.0. The maximum absolute atomic E-state index is 2.26. The van der Waals surface area contributed by atoms with Crippen LogP contribution in [0.15, 0.2) is 30.3 Å². The monoisotopic (exact) mass is 304 g/mol. The molecule has 14 heavy (non-hydrogen) atoms. The van der Waals surface area contributed by atoms with Crippen molar-refractivity contribution in [2.75, 3.05) is 0 Å². The summed E-state index contributed by atoms with van der Waals surface area (Å²) < 4.78 is 0. The van der Waals surface area contributed by atoms with E-state index in [2.05, 4.69) is 37.3 Å². The predicted molar refractivity (Wildman–Crippen MR) is 74.3 cm³/mol.